The second-order valence-corrected chi connectivity index (χ2v) is 8.55. The van der Waals surface area contributed by atoms with Gasteiger partial charge in [0.15, 0.2) is 17.8 Å². The third kappa shape index (κ3) is 5.81. The van der Waals surface area contributed by atoms with E-state index in [0.717, 1.165) is 43.1 Å². The van der Waals surface area contributed by atoms with E-state index in [1.165, 1.54) is 22.8 Å². The molecule has 1 aliphatic heterocycles. The topological polar surface area (TPSA) is 81.1 Å². The van der Waals surface area contributed by atoms with Crippen LogP contribution in [0.1, 0.15) is 45.3 Å². The maximum atomic E-state index is 11.0. The van der Waals surface area contributed by atoms with Gasteiger partial charge in [-0.3, -0.25) is 9.69 Å². The predicted molar refractivity (Wildman–Crippen MR) is 134 cm³/mol. The number of carbonyl (C=O) groups excluding carboxylic acids is 1. The van der Waals surface area contributed by atoms with Crippen LogP contribution in [0.4, 0.5) is 0 Å². The second kappa shape index (κ2) is 11.8. The standard InChI is InChI=1S/C28H32N2O5/c1-33-26-17-21-12-13-30(28(20-7-4-3-5-8-20)23(21)18-27(26)34-2)14-16-35-15-6-9-22-10-11-25(32)24(19-31)29-22/h3-5,7-8,10-11,17-19,28,32H,6,9,12-16H2,1-2H3. The maximum absolute atomic E-state index is 11.0. The quantitative estimate of drug-likeness (QED) is 0.328. The predicted octanol–water partition coefficient (Wildman–Crippen LogP) is 4.21. The summed E-state index contributed by atoms with van der Waals surface area (Å²) < 4.78 is 17.1. The number of ether oxygens (including phenoxy) is 3. The summed E-state index contributed by atoms with van der Waals surface area (Å²) >= 11 is 0. The number of fused-ring (bicyclic) bond motifs is 1. The van der Waals surface area contributed by atoms with Gasteiger partial charge in [-0.2, -0.15) is 0 Å². The van der Waals surface area contributed by atoms with Crippen LogP contribution in [-0.4, -0.2) is 61.8 Å². The first-order chi connectivity index (χ1) is 17.1. The molecule has 0 radical (unpaired) electrons. The van der Waals surface area contributed by atoms with Crippen molar-refractivity contribution in [3.63, 3.8) is 0 Å². The molecule has 0 saturated heterocycles. The second-order valence-electron chi connectivity index (χ2n) is 8.55. The minimum absolute atomic E-state index is 0.0787. The zero-order valence-electron chi connectivity index (χ0n) is 20.3. The van der Waals surface area contributed by atoms with Gasteiger partial charge in [0.1, 0.15) is 11.4 Å². The van der Waals surface area contributed by atoms with Crippen LogP contribution in [0.5, 0.6) is 17.2 Å². The van der Waals surface area contributed by atoms with Crippen LogP contribution in [0.2, 0.25) is 0 Å². The molecule has 184 valence electrons. The Morgan fingerprint density at radius 3 is 2.57 bits per heavy atom. The average molecular weight is 477 g/mol. The van der Waals surface area contributed by atoms with Crippen molar-refractivity contribution >= 4 is 6.29 Å². The number of hydrogen-bond donors (Lipinski definition) is 1. The highest BCUT2D eigenvalue weighted by Gasteiger charge is 2.30. The zero-order chi connectivity index (χ0) is 24.6. The number of rotatable bonds is 11. The molecule has 2 heterocycles. The Balaban J connectivity index is 1.38. The Bertz CT molecular complexity index is 1140. The smallest absolute Gasteiger partial charge is 0.172 e. The molecule has 1 aromatic heterocycles. The fourth-order valence-corrected chi connectivity index (χ4v) is 4.64. The molecule has 4 rings (SSSR count). The summed E-state index contributed by atoms with van der Waals surface area (Å²) in [6.07, 6.45) is 2.98. The lowest BCUT2D eigenvalue weighted by atomic mass is 9.87. The maximum Gasteiger partial charge on any atom is 0.172 e. The van der Waals surface area contributed by atoms with Gasteiger partial charge in [-0.05, 0) is 60.2 Å². The number of aromatic nitrogens is 1. The van der Waals surface area contributed by atoms with Crippen LogP contribution < -0.4 is 9.47 Å². The first-order valence-electron chi connectivity index (χ1n) is 11.9. The van der Waals surface area contributed by atoms with E-state index in [1.807, 2.05) is 6.07 Å². The molecule has 0 aliphatic carbocycles. The van der Waals surface area contributed by atoms with Crippen LogP contribution >= 0.6 is 0 Å². The summed E-state index contributed by atoms with van der Waals surface area (Å²) in [6, 6.07) is 18.1. The molecule has 35 heavy (non-hydrogen) atoms. The molecule has 1 aliphatic rings. The van der Waals surface area contributed by atoms with Crippen LogP contribution in [0.15, 0.2) is 54.6 Å². The summed E-state index contributed by atoms with van der Waals surface area (Å²) in [6.45, 7) is 2.95. The largest absolute Gasteiger partial charge is 0.506 e. The van der Waals surface area contributed by atoms with E-state index in [-0.39, 0.29) is 17.5 Å². The molecule has 2 aromatic carbocycles. The summed E-state index contributed by atoms with van der Waals surface area (Å²) in [5.41, 5.74) is 4.61. The minimum atomic E-state index is -0.0906. The number of hydrogen-bond acceptors (Lipinski definition) is 7. The Morgan fingerprint density at radius 1 is 1.06 bits per heavy atom. The summed E-state index contributed by atoms with van der Waals surface area (Å²) in [4.78, 5) is 17.6. The van der Waals surface area contributed by atoms with Crippen molar-refractivity contribution in [1.82, 2.24) is 9.88 Å². The van der Waals surface area contributed by atoms with Crippen molar-refractivity contribution in [2.45, 2.75) is 25.3 Å². The Kier molecular flexibility index (Phi) is 8.34. The van der Waals surface area contributed by atoms with Gasteiger partial charge in [0.25, 0.3) is 0 Å². The third-order valence-electron chi connectivity index (χ3n) is 6.40. The van der Waals surface area contributed by atoms with Crippen LogP contribution in [-0.2, 0) is 17.6 Å². The Hall–Kier alpha value is -3.42. The van der Waals surface area contributed by atoms with Crippen molar-refractivity contribution in [3.05, 3.63) is 82.7 Å². The van der Waals surface area contributed by atoms with Crippen LogP contribution in [0.25, 0.3) is 0 Å². The van der Waals surface area contributed by atoms with Gasteiger partial charge in [-0.25, -0.2) is 4.98 Å². The highest BCUT2D eigenvalue weighted by molar-refractivity contribution is 5.75. The van der Waals surface area contributed by atoms with E-state index >= 15 is 0 Å². The molecular formula is C28H32N2O5. The van der Waals surface area contributed by atoms with Crippen molar-refractivity contribution < 1.29 is 24.1 Å². The normalized spacial score (nSPS) is 15.4. The lowest BCUT2D eigenvalue weighted by molar-refractivity contribution is 0.0888. The van der Waals surface area contributed by atoms with Gasteiger partial charge in [-0.1, -0.05) is 30.3 Å². The van der Waals surface area contributed by atoms with Gasteiger partial charge >= 0.3 is 0 Å². The number of methoxy groups -OCH3 is 2. The van der Waals surface area contributed by atoms with E-state index < -0.39 is 0 Å². The molecule has 0 saturated carbocycles. The highest BCUT2D eigenvalue weighted by Crippen LogP contribution is 2.40. The monoisotopic (exact) mass is 476 g/mol. The molecular weight excluding hydrogens is 444 g/mol. The third-order valence-corrected chi connectivity index (χ3v) is 6.40. The zero-order valence-corrected chi connectivity index (χ0v) is 20.3. The van der Waals surface area contributed by atoms with E-state index in [1.54, 1.807) is 20.3 Å². The fraction of sp³-hybridized carbons (Fsp3) is 0.357. The van der Waals surface area contributed by atoms with Gasteiger partial charge < -0.3 is 19.3 Å². The Morgan fingerprint density at radius 2 is 1.83 bits per heavy atom. The molecule has 1 unspecified atom stereocenters. The molecule has 7 nitrogen and oxygen atoms in total. The summed E-state index contributed by atoms with van der Waals surface area (Å²) in [5, 5.41) is 9.58. The van der Waals surface area contributed by atoms with Crippen molar-refractivity contribution in [1.29, 1.82) is 0 Å². The van der Waals surface area contributed by atoms with E-state index in [9.17, 15) is 9.90 Å². The lowest BCUT2D eigenvalue weighted by Gasteiger charge is -2.38. The Labute approximate surface area is 206 Å². The number of aryl methyl sites for hydroxylation is 1. The van der Waals surface area contributed by atoms with Crippen molar-refractivity contribution in [2.24, 2.45) is 0 Å². The highest BCUT2D eigenvalue weighted by atomic mass is 16.5. The number of pyridine rings is 1. The van der Waals surface area contributed by atoms with E-state index in [0.29, 0.717) is 25.9 Å². The van der Waals surface area contributed by atoms with Gasteiger partial charge in [-0.15, -0.1) is 0 Å². The minimum Gasteiger partial charge on any atom is -0.506 e. The first-order valence-corrected chi connectivity index (χ1v) is 11.9. The molecule has 0 bridgehead atoms. The number of carbonyl (C=O) groups is 1. The van der Waals surface area contributed by atoms with Crippen molar-refractivity contribution in [2.75, 3.05) is 40.5 Å². The molecule has 0 amide bonds. The molecule has 1 N–H and O–H groups in total. The van der Waals surface area contributed by atoms with Crippen LogP contribution in [0, 0.1) is 0 Å². The van der Waals surface area contributed by atoms with Crippen LogP contribution in [0.3, 0.4) is 0 Å². The van der Waals surface area contributed by atoms with Gasteiger partial charge in [0.05, 0.1) is 26.9 Å². The summed E-state index contributed by atoms with van der Waals surface area (Å²) in [7, 11) is 3.34. The number of aromatic hydroxyl groups is 1. The van der Waals surface area contributed by atoms with Gasteiger partial charge in [0.2, 0.25) is 0 Å². The molecule has 7 heteroatoms. The van der Waals surface area contributed by atoms with E-state index in [4.69, 9.17) is 14.2 Å². The molecule has 0 spiro atoms. The SMILES string of the molecule is COc1cc2c(cc1OC)C(c1ccccc1)N(CCOCCCc1ccc(O)c(C=O)n1)CC2. The fourth-order valence-electron chi connectivity index (χ4n) is 4.64. The summed E-state index contributed by atoms with van der Waals surface area (Å²) in [5.74, 6) is 1.41. The number of benzene rings is 2. The van der Waals surface area contributed by atoms with Crippen molar-refractivity contribution in [3.8, 4) is 17.2 Å². The number of aldehydes is 1. The average Bonchev–Trinajstić information content (AvgIpc) is 2.90. The van der Waals surface area contributed by atoms with Gasteiger partial charge in [0, 0.05) is 25.4 Å². The molecule has 1 atom stereocenters. The van der Waals surface area contributed by atoms with E-state index in [2.05, 4.69) is 46.3 Å². The molecule has 0 fully saturated rings. The first kappa shape index (κ1) is 24.7. The number of nitrogens with zero attached hydrogens (tertiary/aromatic N) is 2. The molecule has 3 aromatic rings. The lowest BCUT2D eigenvalue weighted by Crippen LogP contribution is -2.38.